The first-order chi connectivity index (χ1) is 6.31. The first-order valence-corrected chi connectivity index (χ1v) is 5.16. The van der Waals surface area contributed by atoms with Crippen LogP contribution in [0.3, 0.4) is 0 Å². The third-order valence-electron chi connectivity index (χ3n) is 3.30. The van der Waals surface area contributed by atoms with Crippen molar-refractivity contribution in [2.24, 2.45) is 11.8 Å². The summed E-state index contributed by atoms with van der Waals surface area (Å²) >= 11 is 0. The highest BCUT2D eigenvalue weighted by atomic mass is 16.1. The van der Waals surface area contributed by atoms with Crippen molar-refractivity contribution in [3.8, 4) is 0 Å². The third-order valence-corrected chi connectivity index (χ3v) is 3.30. The Hall–Kier alpha value is -0.850. The zero-order valence-corrected chi connectivity index (χ0v) is 7.96. The predicted molar refractivity (Wildman–Crippen MR) is 53.4 cm³/mol. The normalized spacial score (nSPS) is 31.7. The summed E-state index contributed by atoms with van der Waals surface area (Å²) in [7, 11) is 0. The van der Waals surface area contributed by atoms with Crippen LogP contribution in [-0.4, -0.2) is 5.78 Å². The lowest BCUT2D eigenvalue weighted by atomic mass is 9.95. The average Bonchev–Trinajstić information content (AvgIpc) is 2.61. The summed E-state index contributed by atoms with van der Waals surface area (Å²) in [5.41, 5.74) is 1.45. The largest absolute Gasteiger partial charge is 0.295 e. The standard InChI is InChI=1S/C12H16O/c1-2-3-4-9-5-6-10-7-11(13)8-12(9)10/h2,8-10H,1,3-7H2/t9-,10-/m0/s1. The third kappa shape index (κ3) is 1.60. The van der Waals surface area contributed by atoms with E-state index >= 15 is 0 Å². The van der Waals surface area contributed by atoms with E-state index in [1.165, 1.54) is 24.8 Å². The van der Waals surface area contributed by atoms with E-state index in [4.69, 9.17) is 0 Å². The number of carbonyl (C=O) groups excluding carboxylic acids is 1. The zero-order valence-electron chi connectivity index (χ0n) is 7.96. The Morgan fingerprint density at radius 2 is 2.38 bits per heavy atom. The van der Waals surface area contributed by atoms with Crippen LogP contribution in [0.15, 0.2) is 24.3 Å². The molecule has 0 radical (unpaired) electrons. The van der Waals surface area contributed by atoms with Gasteiger partial charge in [-0.1, -0.05) is 11.6 Å². The van der Waals surface area contributed by atoms with Crippen molar-refractivity contribution < 1.29 is 4.79 Å². The van der Waals surface area contributed by atoms with Crippen LogP contribution in [0.4, 0.5) is 0 Å². The Morgan fingerprint density at radius 3 is 3.15 bits per heavy atom. The van der Waals surface area contributed by atoms with E-state index < -0.39 is 0 Å². The molecule has 0 saturated heterocycles. The maximum absolute atomic E-state index is 11.2. The first kappa shape index (κ1) is 8.74. The van der Waals surface area contributed by atoms with E-state index in [1.807, 2.05) is 12.2 Å². The fraction of sp³-hybridized carbons (Fsp3) is 0.583. The molecule has 1 fully saturated rings. The molecule has 0 amide bonds. The monoisotopic (exact) mass is 176 g/mol. The van der Waals surface area contributed by atoms with Gasteiger partial charge in [0.1, 0.15) is 0 Å². The number of carbonyl (C=O) groups is 1. The number of allylic oxidation sites excluding steroid dienone is 3. The summed E-state index contributed by atoms with van der Waals surface area (Å²) in [5, 5.41) is 0. The van der Waals surface area contributed by atoms with Crippen molar-refractivity contribution in [2.45, 2.75) is 32.1 Å². The number of hydrogen-bond acceptors (Lipinski definition) is 1. The molecule has 0 aromatic heterocycles. The molecule has 0 aromatic carbocycles. The van der Waals surface area contributed by atoms with Crippen molar-refractivity contribution in [3.05, 3.63) is 24.3 Å². The van der Waals surface area contributed by atoms with E-state index in [9.17, 15) is 4.79 Å². The van der Waals surface area contributed by atoms with Crippen LogP contribution in [0.5, 0.6) is 0 Å². The van der Waals surface area contributed by atoms with E-state index in [0.29, 0.717) is 17.6 Å². The van der Waals surface area contributed by atoms with Gasteiger partial charge in [0, 0.05) is 6.42 Å². The number of hydrogen-bond donors (Lipinski definition) is 0. The summed E-state index contributed by atoms with van der Waals surface area (Å²) in [6, 6.07) is 0. The molecule has 2 atom stereocenters. The highest BCUT2D eigenvalue weighted by molar-refractivity contribution is 5.93. The molecule has 0 N–H and O–H groups in total. The Balaban J connectivity index is 2.02. The Morgan fingerprint density at radius 1 is 1.54 bits per heavy atom. The fourth-order valence-electron chi connectivity index (χ4n) is 2.64. The van der Waals surface area contributed by atoms with Crippen molar-refractivity contribution in [3.63, 3.8) is 0 Å². The van der Waals surface area contributed by atoms with Crippen LogP contribution in [0.25, 0.3) is 0 Å². The summed E-state index contributed by atoms with van der Waals surface area (Å²) < 4.78 is 0. The van der Waals surface area contributed by atoms with E-state index in [-0.39, 0.29) is 0 Å². The van der Waals surface area contributed by atoms with Gasteiger partial charge in [0.25, 0.3) is 0 Å². The molecule has 0 unspecified atom stereocenters. The molecule has 1 saturated carbocycles. The van der Waals surface area contributed by atoms with Gasteiger partial charge in [0.05, 0.1) is 0 Å². The Labute approximate surface area is 79.5 Å². The molecule has 1 heteroatoms. The summed E-state index contributed by atoms with van der Waals surface area (Å²) in [6.45, 7) is 3.74. The van der Waals surface area contributed by atoms with Crippen molar-refractivity contribution in [1.82, 2.24) is 0 Å². The lowest BCUT2D eigenvalue weighted by molar-refractivity contribution is -0.114. The number of ketones is 1. The minimum atomic E-state index is 0.350. The van der Waals surface area contributed by atoms with Gasteiger partial charge in [-0.3, -0.25) is 4.79 Å². The molecule has 0 heterocycles. The molecular weight excluding hydrogens is 160 g/mol. The molecule has 13 heavy (non-hydrogen) atoms. The molecule has 1 nitrogen and oxygen atoms in total. The molecule has 2 aliphatic rings. The van der Waals surface area contributed by atoms with Crippen LogP contribution < -0.4 is 0 Å². The summed E-state index contributed by atoms with van der Waals surface area (Å²) in [5.74, 6) is 1.65. The van der Waals surface area contributed by atoms with Crippen molar-refractivity contribution in [1.29, 1.82) is 0 Å². The molecule has 0 spiro atoms. The van der Waals surface area contributed by atoms with E-state index in [1.54, 1.807) is 0 Å². The van der Waals surface area contributed by atoms with Crippen LogP contribution in [0.1, 0.15) is 32.1 Å². The van der Waals surface area contributed by atoms with Gasteiger partial charge in [-0.15, -0.1) is 6.58 Å². The Bertz CT molecular complexity index is 262. The number of fused-ring (bicyclic) bond motifs is 1. The summed E-state index contributed by atoms with van der Waals surface area (Å²) in [4.78, 5) is 11.2. The van der Waals surface area contributed by atoms with Gasteiger partial charge in [-0.2, -0.15) is 0 Å². The smallest absolute Gasteiger partial charge is 0.156 e. The molecule has 70 valence electrons. The maximum Gasteiger partial charge on any atom is 0.156 e. The van der Waals surface area contributed by atoms with Gasteiger partial charge < -0.3 is 0 Å². The van der Waals surface area contributed by atoms with Gasteiger partial charge in [0.2, 0.25) is 0 Å². The van der Waals surface area contributed by atoms with Gasteiger partial charge in [-0.05, 0) is 43.6 Å². The zero-order chi connectivity index (χ0) is 9.26. The Kier molecular flexibility index (Phi) is 2.34. The predicted octanol–water partition coefficient (Wildman–Crippen LogP) is 2.88. The minimum Gasteiger partial charge on any atom is -0.295 e. The van der Waals surface area contributed by atoms with Crippen LogP contribution in [0, 0.1) is 11.8 Å². The molecule has 2 aliphatic carbocycles. The fourth-order valence-corrected chi connectivity index (χ4v) is 2.64. The van der Waals surface area contributed by atoms with Crippen LogP contribution in [0.2, 0.25) is 0 Å². The van der Waals surface area contributed by atoms with Crippen molar-refractivity contribution >= 4 is 5.78 Å². The van der Waals surface area contributed by atoms with Crippen molar-refractivity contribution in [2.75, 3.05) is 0 Å². The SMILES string of the molecule is C=CCC[C@H]1CC[C@H]2CC(=O)C=C12. The molecule has 0 aromatic rings. The average molecular weight is 176 g/mol. The summed E-state index contributed by atoms with van der Waals surface area (Å²) in [6.07, 6.45) is 9.48. The molecule has 0 bridgehead atoms. The van der Waals surface area contributed by atoms with Gasteiger partial charge >= 0.3 is 0 Å². The maximum atomic E-state index is 11.2. The van der Waals surface area contributed by atoms with E-state index in [2.05, 4.69) is 6.58 Å². The second-order valence-electron chi connectivity index (χ2n) is 4.15. The second kappa shape index (κ2) is 3.49. The lowest BCUT2D eigenvalue weighted by Gasteiger charge is -2.09. The number of rotatable bonds is 3. The first-order valence-electron chi connectivity index (χ1n) is 5.16. The van der Waals surface area contributed by atoms with Crippen LogP contribution >= 0.6 is 0 Å². The van der Waals surface area contributed by atoms with Crippen LogP contribution in [-0.2, 0) is 4.79 Å². The molecule has 2 rings (SSSR count). The highest BCUT2D eigenvalue weighted by Crippen LogP contribution is 2.44. The quantitative estimate of drug-likeness (QED) is 0.604. The second-order valence-corrected chi connectivity index (χ2v) is 4.15. The van der Waals surface area contributed by atoms with Gasteiger partial charge in [-0.25, -0.2) is 0 Å². The molecule has 0 aliphatic heterocycles. The van der Waals surface area contributed by atoms with E-state index in [0.717, 1.165) is 12.8 Å². The highest BCUT2D eigenvalue weighted by Gasteiger charge is 2.34. The minimum absolute atomic E-state index is 0.350. The molecular formula is C12H16O. The van der Waals surface area contributed by atoms with Gasteiger partial charge in [0.15, 0.2) is 5.78 Å². The lowest BCUT2D eigenvalue weighted by Crippen LogP contribution is -1.97. The topological polar surface area (TPSA) is 17.1 Å².